The first-order valence-electron chi connectivity index (χ1n) is 12.5. The highest BCUT2D eigenvalue weighted by Crippen LogP contribution is 2.39. The van der Waals surface area contributed by atoms with Gasteiger partial charge in [-0.1, -0.05) is 0 Å². The zero-order valence-corrected chi connectivity index (χ0v) is 20.3. The fourth-order valence-electron chi connectivity index (χ4n) is 5.23. The summed E-state index contributed by atoms with van der Waals surface area (Å²) in [6.45, 7) is 3.45. The van der Waals surface area contributed by atoms with Gasteiger partial charge in [0, 0.05) is 42.4 Å². The normalized spacial score (nSPS) is 21.2. The third-order valence-electron chi connectivity index (χ3n) is 7.28. The van der Waals surface area contributed by atoms with E-state index in [1.807, 2.05) is 4.90 Å². The summed E-state index contributed by atoms with van der Waals surface area (Å²) in [7, 11) is 0. The van der Waals surface area contributed by atoms with E-state index in [2.05, 4.69) is 20.4 Å². The summed E-state index contributed by atoms with van der Waals surface area (Å²) in [5.41, 5.74) is 0.978. The summed E-state index contributed by atoms with van der Waals surface area (Å²) < 4.78 is 44.6. The number of nitrogens with one attached hydrogen (secondary N) is 1. The van der Waals surface area contributed by atoms with Gasteiger partial charge < -0.3 is 25.2 Å². The molecule has 1 aromatic heterocycles. The molecule has 0 spiro atoms. The molecule has 12 heteroatoms. The maximum atomic E-state index is 13.0. The number of phenolic OH excluding ortho intramolecular Hbond substituents is 1. The number of anilines is 1. The second-order valence-corrected chi connectivity index (χ2v) is 9.91. The maximum absolute atomic E-state index is 13.0. The largest absolute Gasteiger partial charge is 0.507 e. The van der Waals surface area contributed by atoms with Crippen molar-refractivity contribution < 1.29 is 32.9 Å². The summed E-state index contributed by atoms with van der Waals surface area (Å²) >= 11 is 0. The summed E-state index contributed by atoms with van der Waals surface area (Å²) in [6.07, 6.45) is -1.86. The van der Waals surface area contributed by atoms with Crippen LogP contribution in [0.15, 0.2) is 18.2 Å². The molecular formula is C25H30F3N5O4. The average Bonchev–Trinajstić information content (AvgIpc) is 3.35. The molecule has 0 radical (unpaired) electrons. The van der Waals surface area contributed by atoms with Gasteiger partial charge in [0.05, 0.1) is 31.4 Å². The lowest BCUT2D eigenvalue weighted by Gasteiger charge is -2.36. The highest BCUT2D eigenvalue weighted by molar-refractivity contribution is 5.78. The molecule has 37 heavy (non-hydrogen) atoms. The number of phenols is 1. The first kappa shape index (κ1) is 25.7. The Morgan fingerprint density at radius 1 is 1.11 bits per heavy atom. The lowest BCUT2D eigenvalue weighted by atomic mass is 10.0. The quantitative estimate of drug-likeness (QED) is 0.551. The van der Waals surface area contributed by atoms with E-state index in [0.717, 1.165) is 31.0 Å². The number of halogens is 3. The Kier molecular flexibility index (Phi) is 7.24. The van der Waals surface area contributed by atoms with Crippen molar-refractivity contribution in [2.45, 2.75) is 57.2 Å². The molecular weight excluding hydrogens is 491 g/mol. The molecule has 3 N–H and O–H groups in total. The number of aromatic nitrogens is 2. The number of carbonyl (C=O) groups excluding carboxylic acids is 1. The van der Waals surface area contributed by atoms with Crippen molar-refractivity contribution in [2.75, 3.05) is 38.0 Å². The van der Waals surface area contributed by atoms with E-state index >= 15 is 0 Å². The minimum atomic E-state index is -4.56. The van der Waals surface area contributed by atoms with Gasteiger partial charge in [-0.15, -0.1) is 10.2 Å². The number of likely N-dealkylation sites (tertiary alicyclic amines) is 2. The van der Waals surface area contributed by atoms with Crippen molar-refractivity contribution in [1.82, 2.24) is 20.0 Å². The minimum Gasteiger partial charge on any atom is -0.507 e. The van der Waals surface area contributed by atoms with E-state index in [0.29, 0.717) is 62.2 Å². The average molecular weight is 522 g/mol. The van der Waals surface area contributed by atoms with E-state index in [1.165, 1.54) is 6.07 Å². The van der Waals surface area contributed by atoms with Crippen LogP contribution in [0.4, 0.5) is 19.0 Å². The summed E-state index contributed by atoms with van der Waals surface area (Å²) in [5.74, 6) is 0.0999. The van der Waals surface area contributed by atoms with Crippen molar-refractivity contribution in [3.8, 4) is 17.0 Å². The van der Waals surface area contributed by atoms with Crippen LogP contribution < -0.4 is 5.32 Å². The Hall–Kier alpha value is -2.96. The predicted octanol–water partition coefficient (Wildman–Crippen LogP) is 2.76. The van der Waals surface area contributed by atoms with E-state index in [9.17, 15) is 28.2 Å². The van der Waals surface area contributed by atoms with Crippen molar-refractivity contribution in [2.24, 2.45) is 0 Å². The van der Waals surface area contributed by atoms with Crippen molar-refractivity contribution in [3.05, 3.63) is 34.9 Å². The second-order valence-electron chi connectivity index (χ2n) is 9.91. The first-order chi connectivity index (χ1) is 17.7. The molecule has 3 aliphatic heterocycles. The molecule has 1 aromatic carbocycles. The number of aromatic hydroxyl groups is 1. The fraction of sp³-hybridized carbons (Fsp3) is 0.560. The van der Waals surface area contributed by atoms with Gasteiger partial charge in [-0.3, -0.25) is 9.69 Å². The smallest absolute Gasteiger partial charge is 0.416 e. The SMILES string of the molecule is O=C(CN1CCC[C@@H](Nc2nnc(-c3ccc(C(F)(F)F)cc3O)c3c2COC3)C1)N1CCC(O)CC1. The molecule has 5 rings (SSSR count). The van der Waals surface area contributed by atoms with Crippen molar-refractivity contribution in [3.63, 3.8) is 0 Å². The van der Waals surface area contributed by atoms with Gasteiger partial charge in [-0.05, 0) is 50.4 Å². The van der Waals surface area contributed by atoms with Crippen molar-refractivity contribution in [1.29, 1.82) is 0 Å². The van der Waals surface area contributed by atoms with Crippen LogP contribution in [-0.2, 0) is 28.9 Å². The Labute approximate surface area is 212 Å². The molecule has 2 fully saturated rings. The number of rotatable bonds is 5. The van der Waals surface area contributed by atoms with Crippen LogP contribution in [0, 0.1) is 0 Å². The number of hydrogen-bond acceptors (Lipinski definition) is 8. The minimum absolute atomic E-state index is 0.0362. The lowest BCUT2D eigenvalue weighted by molar-refractivity contribution is -0.137. The topological polar surface area (TPSA) is 111 Å². The highest BCUT2D eigenvalue weighted by atomic mass is 19.4. The molecule has 0 saturated carbocycles. The molecule has 0 aliphatic carbocycles. The van der Waals surface area contributed by atoms with Crippen LogP contribution in [-0.4, -0.2) is 81.0 Å². The number of amides is 1. The van der Waals surface area contributed by atoms with E-state index in [4.69, 9.17) is 4.74 Å². The number of fused-ring (bicyclic) bond motifs is 1. The zero-order valence-electron chi connectivity index (χ0n) is 20.3. The standard InChI is InChI=1S/C25H30F3N5O4/c26-25(27,28)15-3-4-18(21(35)10-15)23-19-13-37-14-20(19)24(31-30-23)29-16-2-1-7-32(11-16)12-22(36)33-8-5-17(34)6-9-33/h3-4,10,16-17,34-35H,1-2,5-9,11-14H2,(H,29,31)/t16-/m1/s1. The molecule has 0 bridgehead atoms. The van der Waals surface area contributed by atoms with Gasteiger partial charge in [0.2, 0.25) is 5.91 Å². The number of benzene rings is 1. The number of nitrogens with zero attached hydrogens (tertiary/aromatic N) is 4. The van der Waals surface area contributed by atoms with Gasteiger partial charge in [-0.2, -0.15) is 13.2 Å². The summed E-state index contributed by atoms with van der Waals surface area (Å²) in [6, 6.07) is 2.84. The van der Waals surface area contributed by atoms with Crippen LogP contribution in [0.5, 0.6) is 5.75 Å². The van der Waals surface area contributed by atoms with Gasteiger partial charge in [0.25, 0.3) is 0 Å². The number of ether oxygens (including phenoxy) is 1. The van der Waals surface area contributed by atoms with Crippen LogP contribution >= 0.6 is 0 Å². The molecule has 4 heterocycles. The maximum Gasteiger partial charge on any atom is 0.416 e. The van der Waals surface area contributed by atoms with Gasteiger partial charge >= 0.3 is 6.18 Å². The third-order valence-corrected chi connectivity index (χ3v) is 7.28. The number of aliphatic hydroxyl groups is 1. The highest BCUT2D eigenvalue weighted by Gasteiger charge is 2.33. The van der Waals surface area contributed by atoms with Crippen LogP contribution in [0.2, 0.25) is 0 Å². The van der Waals surface area contributed by atoms with Crippen LogP contribution in [0.1, 0.15) is 42.4 Å². The fourth-order valence-corrected chi connectivity index (χ4v) is 5.23. The van der Waals surface area contributed by atoms with Crippen LogP contribution in [0.3, 0.4) is 0 Å². The molecule has 1 amide bonds. The Bertz CT molecular complexity index is 1150. The van der Waals surface area contributed by atoms with Gasteiger partial charge in [-0.25, -0.2) is 0 Å². The predicted molar refractivity (Wildman–Crippen MR) is 128 cm³/mol. The van der Waals surface area contributed by atoms with Gasteiger partial charge in [0.15, 0.2) is 5.82 Å². The van der Waals surface area contributed by atoms with E-state index in [1.54, 1.807) is 0 Å². The van der Waals surface area contributed by atoms with Crippen LogP contribution in [0.25, 0.3) is 11.3 Å². The molecule has 3 aliphatic rings. The molecule has 0 unspecified atom stereocenters. The molecule has 2 saturated heterocycles. The van der Waals surface area contributed by atoms with E-state index in [-0.39, 0.29) is 36.8 Å². The zero-order chi connectivity index (χ0) is 26.2. The molecule has 2 aromatic rings. The lowest BCUT2D eigenvalue weighted by Crippen LogP contribution is -2.49. The number of aliphatic hydroxyl groups excluding tert-OH is 1. The number of hydrogen-bond donors (Lipinski definition) is 3. The third kappa shape index (κ3) is 5.65. The Balaban J connectivity index is 1.28. The molecule has 200 valence electrons. The van der Waals surface area contributed by atoms with Crippen molar-refractivity contribution >= 4 is 11.7 Å². The van der Waals surface area contributed by atoms with Gasteiger partial charge in [0.1, 0.15) is 11.4 Å². The number of carbonyl (C=O) groups is 1. The second kappa shape index (κ2) is 10.4. The summed E-state index contributed by atoms with van der Waals surface area (Å²) in [4.78, 5) is 16.7. The number of piperidine rings is 2. The first-order valence-corrected chi connectivity index (χ1v) is 12.5. The Morgan fingerprint density at radius 3 is 2.59 bits per heavy atom. The molecule has 9 nitrogen and oxygen atoms in total. The number of alkyl halides is 3. The molecule has 1 atom stereocenters. The Morgan fingerprint density at radius 2 is 1.86 bits per heavy atom. The monoisotopic (exact) mass is 521 g/mol. The van der Waals surface area contributed by atoms with E-state index < -0.39 is 17.5 Å². The summed E-state index contributed by atoms with van der Waals surface area (Å²) in [5, 5.41) is 32.0.